The molecule has 27 heavy (non-hydrogen) atoms. The molecule has 0 spiro atoms. The van der Waals surface area contributed by atoms with Crippen molar-refractivity contribution in [2.24, 2.45) is 0 Å². The standard InChI is InChI=1S/C21H28N4O2/c1-15-7-5-11-18(13-15)22-21(26)25-12-6-10-17(14-25)20-24-23-19(27-20)16-8-3-2-4-9-16/h5,7,11,13,16-17H,2-4,6,8-10,12,14H2,1H3,(H,22,26). The van der Waals surface area contributed by atoms with Gasteiger partial charge in [-0.15, -0.1) is 10.2 Å². The van der Waals surface area contributed by atoms with Crippen LogP contribution in [0.4, 0.5) is 10.5 Å². The minimum atomic E-state index is -0.0580. The number of rotatable bonds is 3. The van der Waals surface area contributed by atoms with Crippen molar-refractivity contribution in [1.82, 2.24) is 15.1 Å². The lowest BCUT2D eigenvalue weighted by atomic mass is 9.89. The molecule has 1 atom stereocenters. The van der Waals surface area contributed by atoms with E-state index < -0.39 is 0 Å². The van der Waals surface area contributed by atoms with Gasteiger partial charge in [0.05, 0.1) is 5.92 Å². The van der Waals surface area contributed by atoms with Crippen LogP contribution in [0.2, 0.25) is 0 Å². The second-order valence-corrected chi connectivity index (χ2v) is 7.90. The zero-order valence-corrected chi connectivity index (χ0v) is 16.0. The average molecular weight is 368 g/mol. The molecule has 1 aliphatic heterocycles. The maximum atomic E-state index is 12.7. The van der Waals surface area contributed by atoms with Crippen LogP contribution in [0.1, 0.15) is 74.1 Å². The van der Waals surface area contributed by atoms with Crippen LogP contribution in [0.5, 0.6) is 0 Å². The molecule has 1 saturated heterocycles. The number of hydrogen-bond acceptors (Lipinski definition) is 4. The molecular formula is C21H28N4O2. The summed E-state index contributed by atoms with van der Waals surface area (Å²) in [5.74, 6) is 2.05. The summed E-state index contributed by atoms with van der Waals surface area (Å²) >= 11 is 0. The average Bonchev–Trinajstić information content (AvgIpc) is 3.19. The predicted octanol–water partition coefficient (Wildman–Crippen LogP) is 4.84. The molecule has 1 N–H and O–H groups in total. The van der Waals surface area contributed by atoms with Crippen molar-refractivity contribution in [3.05, 3.63) is 41.6 Å². The first-order valence-electron chi connectivity index (χ1n) is 10.1. The highest BCUT2D eigenvalue weighted by molar-refractivity contribution is 5.89. The number of nitrogens with zero attached hydrogens (tertiary/aromatic N) is 3. The second-order valence-electron chi connectivity index (χ2n) is 7.90. The lowest BCUT2D eigenvalue weighted by Gasteiger charge is -2.31. The summed E-state index contributed by atoms with van der Waals surface area (Å²) in [6, 6.07) is 7.81. The van der Waals surface area contributed by atoms with Gasteiger partial charge in [-0.3, -0.25) is 0 Å². The van der Waals surface area contributed by atoms with E-state index in [9.17, 15) is 4.79 Å². The molecule has 1 unspecified atom stereocenters. The SMILES string of the molecule is Cc1cccc(NC(=O)N2CCCC(c3nnc(C4CCCCC4)o3)C2)c1. The van der Waals surface area contributed by atoms with Gasteiger partial charge in [-0.25, -0.2) is 4.79 Å². The Morgan fingerprint density at radius 1 is 1.07 bits per heavy atom. The number of amides is 2. The summed E-state index contributed by atoms with van der Waals surface area (Å²) < 4.78 is 6.04. The number of carbonyl (C=O) groups is 1. The van der Waals surface area contributed by atoms with Crippen molar-refractivity contribution < 1.29 is 9.21 Å². The number of likely N-dealkylation sites (tertiary alicyclic amines) is 1. The largest absolute Gasteiger partial charge is 0.425 e. The molecule has 1 aromatic carbocycles. The summed E-state index contributed by atoms with van der Waals surface area (Å²) in [6.07, 6.45) is 8.05. The van der Waals surface area contributed by atoms with Gasteiger partial charge in [-0.05, 0) is 50.3 Å². The van der Waals surface area contributed by atoms with Crippen LogP contribution >= 0.6 is 0 Å². The van der Waals surface area contributed by atoms with Crippen molar-refractivity contribution in [2.45, 2.75) is 63.7 Å². The second kappa shape index (κ2) is 8.11. The first-order chi connectivity index (χ1) is 13.2. The number of nitrogens with one attached hydrogen (secondary N) is 1. The van der Waals surface area contributed by atoms with E-state index in [1.165, 1.54) is 19.3 Å². The Labute approximate surface area is 160 Å². The molecule has 0 radical (unpaired) electrons. The summed E-state index contributed by atoms with van der Waals surface area (Å²) in [5, 5.41) is 11.7. The van der Waals surface area contributed by atoms with Crippen molar-refractivity contribution in [2.75, 3.05) is 18.4 Å². The van der Waals surface area contributed by atoms with Gasteiger partial charge in [0.1, 0.15) is 0 Å². The van der Waals surface area contributed by atoms with Crippen LogP contribution in [0.25, 0.3) is 0 Å². The Kier molecular flexibility index (Phi) is 5.41. The Morgan fingerprint density at radius 2 is 1.81 bits per heavy atom. The number of piperidine rings is 1. The molecular weight excluding hydrogens is 340 g/mol. The fourth-order valence-electron chi connectivity index (χ4n) is 4.21. The van der Waals surface area contributed by atoms with Gasteiger partial charge in [-0.1, -0.05) is 31.4 Å². The molecule has 2 aromatic rings. The summed E-state index contributed by atoms with van der Waals surface area (Å²) in [4.78, 5) is 14.5. The van der Waals surface area contributed by atoms with Gasteiger partial charge >= 0.3 is 6.03 Å². The third-order valence-electron chi connectivity index (χ3n) is 5.74. The number of carbonyl (C=O) groups excluding carboxylic acids is 1. The quantitative estimate of drug-likeness (QED) is 0.842. The Balaban J connectivity index is 1.39. The van der Waals surface area contributed by atoms with Crippen molar-refractivity contribution in [1.29, 1.82) is 0 Å². The fraction of sp³-hybridized carbons (Fsp3) is 0.571. The molecule has 6 nitrogen and oxygen atoms in total. The van der Waals surface area contributed by atoms with Crippen LogP contribution < -0.4 is 5.32 Å². The molecule has 2 fully saturated rings. The van der Waals surface area contributed by atoms with Gasteiger partial charge in [0, 0.05) is 24.7 Å². The first-order valence-corrected chi connectivity index (χ1v) is 10.1. The van der Waals surface area contributed by atoms with Crippen molar-refractivity contribution in [3.63, 3.8) is 0 Å². The van der Waals surface area contributed by atoms with Crippen LogP contribution in [-0.4, -0.2) is 34.2 Å². The smallest absolute Gasteiger partial charge is 0.321 e. The first kappa shape index (κ1) is 18.0. The maximum absolute atomic E-state index is 12.7. The molecule has 4 rings (SSSR count). The summed E-state index contributed by atoms with van der Waals surface area (Å²) in [7, 11) is 0. The van der Waals surface area contributed by atoms with Gasteiger partial charge < -0.3 is 14.6 Å². The Morgan fingerprint density at radius 3 is 2.59 bits per heavy atom. The monoisotopic (exact) mass is 368 g/mol. The van der Waals surface area contributed by atoms with Crippen molar-refractivity contribution in [3.8, 4) is 0 Å². The topological polar surface area (TPSA) is 71.3 Å². The van der Waals surface area contributed by atoms with E-state index in [-0.39, 0.29) is 11.9 Å². The van der Waals surface area contributed by atoms with E-state index >= 15 is 0 Å². The lowest BCUT2D eigenvalue weighted by molar-refractivity contribution is 0.186. The van der Waals surface area contributed by atoms with Crippen LogP contribution in [0, 0.1) is 6.92 Å². The molecule has 1 aliphatic carbocycles. The minimum absolute atomic E-state index is 0.0580. The molecule has 2 aliphatic rings. The lowest BCUT2D eigenvalue weighted by Crippen LogP contribution is -2.41. The zero-order valence-electron chi connectivity index (χ0n) is 16.0. The molecule has 144 valence electrons. The van der Waals surface area contributed by atoms with Crippen LogP contribution in [0.15, 0.2) is 28.7 Å². The third-order valence-corrected chi connectivity index (χ3v) is 5.74. The molecule has 6 heteroatoms. The van der Waals surface area contributed by atoms with Crippen LogP contribution in [0.3, 0.4) is 0 Å². The molecule has 2 heterocycles. The van der Waals surface area contributed by atoms with Gasteiger partial charge in [0.2, 0.25) is 11.8 Å². The number of benzene rings is 1. The number of hydrogen-bond donors (Lipinski definition) is 1. The highest BCUT2D eigenvalue weighted by Crippen LogP contribution is 2.34. The van der Waals surface area contributed by atoms with E-state index in [1.807, 2.05) is 36.1 Å². The van der Waals surface area contributed by atoms with Gasteiger partial charge in [0.15, 0.2) is 0 Å². The Hall–Kier alpha value is -2.37. The third kappa shape index (κ3) is 4.31. The van der Waals surface area contributed by atoms with E-state index in [0.717, 1.165) is 49.4 Å². The van der Waals surface area contributed by atoms with Crippen LogP contribution in [-0.2, 0) is 0 Å². The Bertz CT molecular complexity index is 782. The number of aromatic nitrogens is 2. The minimum Gasteiger partial charge on any atom is -0.425 e. The van der Waals surface area contributed by atoms with Crippen molar-refractivity contribution >= 4 is 11.7 Å². The zero-order chi connectivity index (χ0) is 18.6. The molecule has 1 aromatic heterocycles. The van der Waals surface area contributed by atoms with E-state index in [0.29, 0.717) is 18.4 Å². The highest BCUT2D eigenvalue weighted by Gasteiger charge is 2.30. The number of urea groups is 1. The van der Waals surface area contributed by atoms with Gasteiger partial charge in [-0.2, -0.15) is 0 Å². The summed E-state index contributed by atoms with van der Waals surface area (Å²) in [5.41, 5.74) is 1.96. The normalized spacial score (nSPS) is 21.2. The summed E-state index contributed by atoms with van der Waals surface area (Å²) in [6.45, 7) is 3.41. The molecule has 2 amide bonds. The van der Waals surface area contributed by atoms with E-state index in [4.69, 9.17) is 4.42 Å². The molecule has 1 saturated carbocycles. The predicted molar refractivity (Wildman–Crippen MR) is 104 cm³/mol. The van der Waals surface area contributed by atoms with E-state index in [1.54, 1.807) is 0 Å². The maximum Gasteiger partial charge on any atom is 0.321 e. The number of aryl methyl sites for hydroxylation is 1. The highest BCUT2D eigenvalue weighted by atomic mass is 16.4. The fourth-order valence-corrected chi connectivity index (χ4v) is 4.21. The molecule has 0 bridgehead atoms. The van der Waals surface area contributed by atoms with Gasteiger partial charge in [0.25, 0.3) is 0 Å². The van der Waals surface area contributed by atoms with E-state index in [2.05, 4.69) is 15.5 Å². The number of anilines is 1.